The van der Waals surface area contributed by atoms with E-state index in [1.54, 1.807) is 12.1 Å². The Morgan fingerprint density at radius 3 is 2.32 bits per heavy atom. The minimum absolute atomic E-state index is 0.291. The molecule has 1 heterocycles. The lowest BCUT2D eigenvalue weighted by atomic mass is 10.2. The van der Waals surface area contributed by atoms with E-state index in [-0.39, 0.29) is 5.82 Å². The number of nitrogens with zero attached hydrogens (tertiary/aromatic N) is 2. The normalized spacial score (nSPS) is 10.6. The Hall–Kier alpha value is -1.76. The lowest BCUT2D eigenvalue weighted by molar-refractivity contribution is 0.583. The first-order valence-corrected chi connectivity index (χ1v) is 6.66. The lowest BCUT2D eigenvalue weighted by Gasteiger charge is -1.97. The Bertz CT molecular complexity index is 709. The smallest absolute Gasteiger partial charge is 0.249 e. The molecular formula is C14H8FIN2O. The van der Waals surface area contributed by atoms with Gasteiger partial charge >= 0.3 is 0 Å². The standard InChI is InChI=1S/C14H8FIN2O/c15-10-7-5-9(6-8-10)13-17-18-14(19-13)11-3-1-2-4-12(11)16/h1-8H. The molecule has 0 atom stereocenters. The molecule has 2 aromatic carbocycles. The van der Waals surface area contributed by atoms with Crippen LogP contribution < -0.4 is 0 Å². The summed E-state index contributed by atoms with van der Waals surface area (Å²) < 4.78 is 19.5. The first-order chi connectivity index (χ1) is 9.24. The van der Waals surface area contributed by atoms with E-state index in [0.29, 0.717) is 17.3 Å². The summed E-state index contributed by atoms with van der Waals surface area (Å²) in [5.41, 5.74) is 1.59. The second-order valence-corrected chi connectivity index (χ2v) is 5.06. The van der Waals surface area contributed by atoms with Crippen LogP contribution in [0.25, 0.3) is 22.9 Å². The topological polar surface area (TPSA) is 38.9 Å². The minimum atomic E-state index is -0.291. The van der Waals surface area contributed by atoms with Crippen molar-refractivity contribution < 1.29 is 8.81 Å². The van der Waals surface area contributed by atoms with Crippen LogP contribution in [0.2, 0.25) is 0 Å². The fourth-order valence-corrected chi connectivity index (χ4v) is 2.29. The molecule has 94 valence electrons. The Kier molecular flexibility index (Phi) is 3.29. The van der Waals surface area contributed by atoms with Gasteiger partial charge in [-0.2, -0.15) is 0 Å². The van der Waals surface area contributed by atoms with Crippen molar-refractivity contribution in [2.75, 3.05) is 0 Å². The number of hydrogen-bond donors (Lipinski definition) is 0. The molecule has 0 fully saturated rings. The second kappa shape index (κ2) is 5.08. The highest BCUT2D eigenvalue weighted by Crippen LogP contribution is 2.27. The van der Waals surface area contributed by atoms with Gasteiger partial charge in [-0.05, 0) is 59.0 Å². The molecule has 0 amide bonds. The highest BCUT2D eigenvalue weighted by Gasteiger charge is 2.12. The number of rotatable bonds is 2. The Morgan fingerprint density at radius 2 is 1.58 bits per heavy atom. The van der Waals surface area contributed by atoms with Gasteiger partial charge in [0.1, 0.15) is 5.82 Å². The van der Waals surface area contributed by atoms with E-state index in [1.807, 2.05) is 24.3 Å². The molecule has 0 saturated heterocycles. The van der Waals surface area contributed by atoms with Gasteiger partial charge in [0.2, 0.25) is 11.8 Å². The van der Waals surface area contributed by atoms with Crippen LogP contribution in [0.4, 0.5) is 4.39 Å². The van der Waals surface area contributed by atoms with Crippen molar-refractivity contribution in [3.63, 3.8) is 0 Å². The molecule has 3 rings (SSSR count). The number of hydrogen-bond acceptors (Lipinski definition) is 3. The zero-order valence-electron chi connectivity index (χ0n) is 9.68. The van der Waals surface area contributed by atoms with Crippen molar-refractivity contribution in [2.45, 2.75) is 0 Å². The molecule has 0 aliphatic rings. The summed E-state index contributed by atoms with van der Waals surface area (Å²) in [6, 6.07) is 13.7. The molecule has 0 aliphatic heterocycles. The Labute approximate surface area is 122 Å². The van der Waals surface area contributed by atoms with Crippen molar-refractivity contribution in [1.29, 1.82) is 0 Å². The van der Waals surface area contributed by atoms with Crippen LogP contribution in [0.3, 0.4) is 0 Å². The predicted octanol–water partition coefficient (Wildman–Crippen LogP) is 4.15. The van der Waals surface area contributed by atoms with Crippen molar-refractivity contribution >= 4 is 22.6 Å². The van der Waals surface area contributed by atoms with Crippen molar-refractivity contribution in [2.24, 2.45) is 0 Å². The van der Waals surface area contributed by atoms with E-state index in [4.69, 9.17) is 4.42 Å². The highest BCUT2D eigenvalue weighted by molar-refractivity contribution is 14.1. The van der Waals surface area contributed by atoms with Crippen LogP contribution in [0.1, 0.15) is 0 Å². The summed E-state index contributed by atoms with van der Waals surface area (Å²) >= 11 is 2.21. The number of halogens is 2. The molecule has 19 heavy (non-hydrogen) atoms. The maximum absolute atomic E-state index is 12.9. The van der Waals surface area contributed by atoms with Crippen LogP contribution in [-0.4, -0.2) is 10.2 Å². The molecule has 3 nitrogen and oxygen atoms in total. The van der Waals surface area contributed by atoms with Gasteiger partial charge in [0.25, 0.3) is 0 Å². The quantitative estimate of drug-likeness (QED) is 0.640. The van der Waals surface area contributed by atoms with Gasteiger partial charge in [0.15, 0.2) is 0 Å². The van der Waals surface area contributed by atoms with Gasteiger partial charge in [-0.15, -0.1) is 10.2 Å². The third kappa shape index (κ3) is 2.51. The summed E-state index contributed by atoms with van der Waals surface area (Å²) in [6.45, 7) is 0. The van der Waals surface area contributed by atoms with E-state index in [1.165, 1.54) is 12.1 Å². The fourth-order valence-electron chi connectivity index (χ4n) is 1.68. The van der Waals surface area contributed by atoms with Gasteiger partial charge < -0.3 is 4.42 Å². The van der Waals surface area contributed by atoms with E-state index in [2.05, 4.69) is 32.8 Å². The number of aromatic nitrogens is 2. The van der Waals surface area contributed by atoms with Crippen LogP contribution in [0.15, 0.2) is 52.9 Å². The van der Waals surface area contributed by atoms with Gasteiger partial charge in [-0.1, -0.05) is 12.1 Å². The minimum Gasteiger partial charge on any atom is -0.416 e. The van der Waals surface area contributed by atoms with Crippen LogP contribution in [-0.2, 0) is 0 Å². The molecule has 0 unspecified atom stereocenters. The highest BCUT2D eigenvalue weighted by atomic mass is 127. The third-order valence-corrected chi connectivity index (χ3v) is 3.56. The molecule has 0 saturated carbocycles. The molecule has 1 aromatic heterocycles. The molecule has 0 N–H and O–H groups in total. The van der Waals surface area contributed by atoms with E-state index in [0.717, 1.165) is 9.13 Å². The zero-order chi connectivity index (χ0) is 13.2. The lowest BCUT2D eigenvalue weighted by Crippen LogP contribution is -1.81. The third-order valence-electron chi connectivity index (χ3n) is 2.62. The first kappa shape index (κ1) is 12.3. The van der Waals surface area contributed by atoms with Crippen molar-refractivity contribution in [1.82, 2.24) is 10.2 Å². The van der Waals surface area contributed by atoms with Crippen LogP contribution >= 0.6 is 22.6 Å². The maximum Gasteiger partial charge on any atom is 0.249 e. The fraction of sp³-hybridized carbons (Fsp3) is 0. The van der Waals surface area contributed by atoms with Crippen molar-refractivity contribution in [3.8, 4) is 22.9 Å². The maximum atomic E-state index is 12.9. The molecule has 0 radical (unpaired) electrons. The number of benzene rings is 2. The summed E-state index contributed by atoms with van der Waals surface area (Å²) in [5, 5.41) is 8.02. The van der Waals surface area contributed by atoms with Gasteiger partial charge in [-0.25, -0.2) is 4.39 Å². The molecular weight excluding hydrogens is 358 g/mol. The van der Waals surface area contributed by atoms with Gasteiger partial charge in [-0.3, -0.25) is 0 Å². The first-order valence-electron chi connectivity index (χ1n) is 5.58. The summed E-state index contributed by atoms with van der Waals surface area (Å²) in [6.07, 6.45) is 0. The van der Waals surface area contributed by atoms with E-state index in [9.17, 15) is 4.39 Å². The van der Waals surface area contributed by atoms with Crippen LogP contribution in [0, 0.1) is 9.39 Å². The van der Waals surface area contributed by atoms with Gasteiger partial charge in [0, 0.05) is 9.13 Å². The molecule has 0 spiro atoms. The average molecular weight is 366 g/mol. The van der Waals surface area contributed by atoms with Crippen LogP contribution in [0.5, 0.6) is 0 Å². The van der Waals surface area contributed by atoms with E-state index >= 15 is 0 Å². The monoisotopic (exact) mass is 366 g/mol. The zero-order valence-corrected chi connectivity index (χ0v) is 11.8. The summed E-state index contributed by atoms with van der Waals surface area (Å²) in [4.78, 5) is 0. The summed E-state index contributed by atoms with van der Waals surface area (Å²) in [5.74, 6) is 0.556. The SMILES string of the molecule is Fc1ccc(-c2nnc(-c3ccccc3I)o2)cc1. The average Bonchev–Trinajstić information content (AvgIpc) is 2.89. The molecule has 0 aliphatic carbocycles. The molecule has 3 aromatic rings. The Balaban J connectivity index is 2.00. The largest absolute Gasteiger partial charge is 0.416 e. The van der Waals surface area contributed by atoms with Gasteiger partial charge in [0.05, 0.1) is 5.56 Å². The summed E-state index contributed by atoms with van der Waals surface area (Å²) in [7, 11) is 0. The van der Waals surface area contributed by atoms with Crippen molar-refractivity contribution in [3.05, 3.63) is 57.9 Å². The molecule has 0 bridgehead atoms. The Morgan fingerprint density at radius 1 is 0.895 bits per heavy atom. The predicted molar refractivity (Wildman–Crippen MR) is 77.8 cm³/mol. The van der Waals surface area contributed by atoms with E-state index < -0.39 is 0 Å². The molecule has 5 heteroatoms. The second-order valence-electron chi connectivity index (χ2n) is 3.90.